The van der Waals surface area contributed by atoms with E-state index in [0.29, 0.717) is 42.0 Å². The third-order valence-electron chi connectivity index (χ3n) is 5.57. The standard InChI is InChI=1S/C24H19FN2O2S/c25-20-6-3-7-21-19(20)15-22(30-21)24(29)27-12-10-26(11-13-27)23(28)18-9-8-16-4-1-2-5-17(16)14-18/h1-9,14-15H,10-13H2. The van der Waals surface area contributed by atoms with Gasteiger partial charge in [0.05, 0.1) is 4.88 Å². The van der Waals surface area contributed by atoms with Crippen LogP contribution in [0.15, 0.2) is 66.7 Å². The summed E-state index contributed by atoms with van der Waals surface area (Å²) in [5.74, 6) is -0.432. The van der Waals surface area contributed by atoms with Crippen LogP contribution in [0.5, 0.6) is 0 Å². The zero-order valence-corrected chi connectivity index (χ0v) is 17.0. The Morgan fingerprint density at radius 1 is 0.767 bits per heavy atom. The maximum Gasteiger partial charge on any atom is 0.264 e. The zero-order chi connectivity index (χ0) is 20.7. The number of benzene rings is 3. The van der Waals surface area contributed by atoms with E-state index in [2.05, 4.69) is 0 Å². The molecule has 2 heterocycles. The molecule has 4 aromatic rings. The van der Waals surface area contributed by atoms with E-state index in [1.165, 1.54) is 17.4 Å². The third-order valence-corrected chi connectivity index (χ3v) is 6.66. The molecule has 30 heavy (non-hydrogen) atoms. The van der Waals surface area contributed by atoms with Crippen molar-refractivity contribution in [3.8, 4) is 0 Å². The first-order chi connectivity index (χ1) is 14.6. The Kier molecular flexibility index (Phi) is 4.71. The summed E-state index contributed by atoms with van der Waals surface area (Å²) in [6, 6.07) is 20.2. The van der Waals surface area contributed by atoms with Gasteiger partial charge in [0.1, 0.15) is 5.82 Å². The van der Waals surface area contributed by atoms with E-state index in [0.717, 1.165) is 15.5 Å². The van der Waals surface area contributed by atoms with Gasteiger partial charge in [0.15, 0.2) is 0 Å². The number of halogens is 1. The van der Waals surface area contributed by atoms with E-state index < -0.39 is 0 Å². The summed E-state index contributed by atoms with van der Waals surface area (Å²) in [7, 11) is 0. The lowest BCUT2D eigenvalue weighted by molar-refractivity contribution is 0.0538. The fourth-order valence-corrected chi connectivity index (χ4v) is 4.95. The Bertz CT molecular complexity index is 1270. The normalized spacial score (nSPS) is 14.4. The molecule has 4 nitrogen and oxygen atoms in total. The minimum atomic E-state index is -0.311. The molecule has 1 saturated heterocycles. The van der Waals surface area contributed by atoms with Crippen molar-refractivity contribution in [1.29, 1.82) is 0 Å². The average Bonchev–Trinajstić information content (AvgIpc) is 3.24. The molecule has 150 valence electrons. The molecule has 3 aromatic carbocycles. The molecule has 0 aliphatic carbocycles. The molecular weight excluding hydrogens is 399 g/mol. The minimum absolute atomic E-state index is 0.0169. The van der Waals surface area contributed by atoms with Gasteiger partial charge in [0.25, 0.3) is 11.8 Å². The molecular formula is C24H19FN2O2S. The lowest BCUT2D eigenvalue weighted by atomic mass is 10.1. The second-order valence-electron chi connectivity index (χ2n) is 7.41. The number of hydrogen-bond acceptors (Lipinski definition) is 3. The maximum absolute atomic E-state index is 13.9. The number of piperazine rings is 1. The number of carbonyl (C=O) groups excluding carboxylic acids is 2. The van der Waals surface area contributed by atoms with Crippen LogP contribution in [0.2, 0.25) is 0 Å². The van der Waals surface area contributed by atoms with Crippen LogP contribution >= 0.6 is 11.3 Å². The summed E-state index contributed by atoms with van der Waals surface area (Å²) in [4.78, 5) is 29.9. The van der Waals surface area contributed by atoms with E-state index >= 15 is 0 Å². The average molecular weight is 418 g/mol. The Hall–Kier alpha value is -3.25. The second-order valence-corrected chi connectivity index (χ2v) is 8.49. The Balaban J connectivity index is 1.28. The molecule has 1 aliphatic heterocycles. The highest BCUT2D eigenvalue weighted by Gasteiger charge is 2.26. The molecule has 0 bridgehead atoms. The molecule has 0 atom stereocenters. The van der Waals surface area contributed by atoms with Crippen molar-refractivity contribution in [2.24, 2.45) is 0 Å². The highest BCUT2D eigenvalue weighted by molar-refractivity contribution is 7.20. The monoisotopic (exact) mass is 418 g/mol. The molecule has 5 rings (SSSR count). The SMILES string of the molecule is O=C(c1ccc2ccccc2c1)N1CCN(C(=O)c2cc3c(F)cccc3s2)CC1. The first kappa shape index (κ1) is 18.8. The number of rotatable bonds is 2. The molecule has 0 unspecified atom stereocenters. The summed E-state index contributed by atoms with van der Waals surface area (Å²) in [6.07, 6.45) is 0. The van der Waals surface area contributed by atoms with Crippen LogP contribution in [-0.4, -0.2) is 47.8 Å². The van der Waals surface area contributed by atoms with Gasteiger partial charge in [-0.25, -0.2) is 4.39 Å². The molecule has 1 aliphatic rings. The molecule has 0 N–H and O–H groups in total. The number of thiophene rings is 1. The maximum atomic E-state index is 13.9. The van der Waals surface area contributed by atoms with E-state index in [4.69, 9.17) is 0 Å². The zero-order valence-electron chi connectivity index (χ0n) is 16.2. The molecule has 0 saturated carbocycles. The molecule has 1 fully saturated rings. The van der Waals surface area contributed by atoms with Gasteiger partial charge in [-0.05, 0) is 41.1 Å². The fraction of sp³-hybridized carbons (Fsp3) is 0.167. The van der Waals surface area contributed by atoms with Crippen LogP contribution in [0.4, 0.5) is 4.39 Å². The number of fused-ring (bicyclic) bond motifs is 2. The first-order valence-corrected chi connectivity index (χ1v) is 10.7. The van der Waals surface area contributed by atoms with Crippen LogP contribution in [0.25, 0.3) is 20.9 Å². The van der Waals surface area contributed by atoms with Crippen LogP contribution in [0.3, 0.4) is 0 Å². The fourth-order valence-electron chi connectivity index (χ4n) is 3.90. The quantitative estimate of drug-likeness (QED) is 0.470. The third kappa shape index (κ3) is 3.33. The van der Waals surface area contributed by atoms with Gasteiger partial charge in [0.2, 0.25) is 0 Å². The van der Waals surface area contributed by atoms with E-state index in [1.807, 2.05) is 48.5 Å². The van der Waals surface area contributed by atoms with Crippen molar-refractivity contribution in [3.63, 3.8) is 0 Å². The molecule has 2 amide bonds. The predicted molar refractivity (Wildman–Crippen MR) is 118 cm³/mol. The highest BCUT2D eigenvalue weighted by atomic mass is 32.1. The minimum Gasteiger partial charge on any atom is -0.335 e. The van der Waals surface area contributed by atoms with Crippen LogP contribution in [0, 0.1) is 5.82 Å². The van der Waals surface area contributed by atoms with Crippen molar-refractivity contribution >= 4 is 44.0 Å². The molecule has 0 spiro atoms. The molecule has 0 radical (unpaired) electrons. The topological polar surface area (TPSA) is 40.6 Å². The predicted octanol–water partition coefficient (Wildman–Crippen LogP) is 4.79. The summed E-state index contributed by atoms with van der Waals surface area (Å²) >= 11 is 1.31. The van der Waals surface area contributed by atoms with Crippen LogP contribution < -0.4 is 0 Å². The first-order valence-electron chi connectivity index (χ1n) is 9.85. The Morgan fingerprint density at radius 3 is 2.20 bits per heavy atom. The summed E-state index contributed by atoms with van der Waals surface area (Å²) in [6.45, 7) is 1.90. The number of carbonyl (C=O) groups is 2. The van der Waals surface area contributed by atoms with Crippen LogP contribution in [-0.2, 0) is 0 Å². The van der Waals surface area contributed by atoms with Crippen molar-refractivity contribution in [1.82, 2.24) is 9.80 Å². The van der Waals surface area contributed by atoms with Gasteiger partial charge in [-0.3, -0.25) is 9.59 Å². The number of hydrogen-bond donors (Lipinski definition) is 0. The van der Waals surface area contributed by atoms with E-state index in [-0.39, 0.29) is 17.6 Å². The van der Waals surface area contributed by atoms with Crippen LogP contribution in [0.1, 0.15) is 20.0 Å². The van der Waals surface area contributed by atoms with E-state index in [1.54, 1.807) is 21.9 Å². The summed E-state index contributed by atoms with van der Waals surface area (Å²) < 4.78 is 14.7. The smallest absolute Gasteiger partial charge is 0.264 e. The van der Waals surface area contributed by atoms with Gasteiger partial charge in [-0.2, -0.15) is 0 Å². The summed E-state index contributed by atoms with van der Waals surface area (Å²) in [5, 5.41) is 2.62. The van der Waals surface area contributed by atoms with Gasteiger partial charge in [-0.1, -0.05) is 36.4 Å². The lowest BCUT2D eigenvalue weighted by Crippen LogP contribution is -2.50. The van der Waals surface area contributed by atoms with Gasteiger partial charge in [0, 0.05) is 41.8 Å². The summed E-state index contributed by atoms with van der Waals surface area (Å²) in [5.41, 5.74) is 0.661. The van der Waals surface area contributed by atoms with Gasteiger partial charge < -0.3 is 9.80 Å². The van der Waals surface area contributed by atoms with Crippen molar-refractivity contribution in [2.45, 2.75) is 0 Å². The molecule has 1 aromatic heterocycles. The van der Waals surface area contributed by atoms with Gasteiger partial charge >= 0.3 is 0 Å². The Labute approximate surface area is 177 Å². The Morgan fingerprint density at radius 2 is 1.47 bits per heavy atom. The van der Waals surface area contributed by atoms with Crippen molar-refractivity contribution in [2.75, 3.05) is 26.2 Å². The lowest BCUT2D eigenvalue weighted by Gasteiger charge is -2.34. The van der Waals surface area contributed by atoms with Gasteiger partial charge in [-0.15, -0.1) is 11.3 Å². The van der Waals surface area contributed by atoms with Crippen molar-refractivity contribution in [3.05, 3.63) is 83.0 Å². The van der Waals surface area contributed by atoms with Crippen molar-refractivity contribution < 1.29 is 14.0 Å². The second kappa shape index (κ2) is 7.54. The van der Waals surface area contributed by atoms with E-state index in [9.17, 15) is 14.0 Å². The molecule has 6 heteroatoms. The highest BCUT2D eigenvalue weighted by Crippen LogP contribution is 2.29. The number of amides is 2. The number of nitrogens with zero attached hydrogens (tertiary/aromatic N) is 2. The largest absolute Gasteiger partial charge is 0.335 e.